The maximum Gasteiger partial charge on any atom is 0.254 e. The van der Waals surface area contributed by atoms with Crippen LogP contribution in [-0.2, 0) is 0 Å². The van der Waals surface area contributed by atoms with Crippen LogP contribution in [0.3, 0.4) is 0 Å². The Kier molecular flexibility index (Phi) is 1.73. The second-order valence-electron chi connectivity index (χ2n) is 2.72. The van der Waals surface area contributed by atoms with Crippen molar-refractivity contribution >= 4 is 0 Å². The average Bonchev–Trinajstić information content (AvgIpc) is 2.62. The summed E-state index contributed by atoms with van der Waals surface area (Å²) in [5, 5.41) is 0. The molecule has 2 aromatic rings. The fourth-order valence-electron chi connectivity index (χ4n) is 1.16. The van der Waals surface area contributed by atoms with E-state index in [1.54, 1.807) is 25.5 Å². The smallest absolute Gasteiger partial charge is 0.254 e. The highest BCUT2D eigenvalue weighted by atomic mass is 16.3. The van der Waals surface area contributed by atoms with Crippen molar-refractivity contribution in [3.8, 4) is 11.3 Å². The van der Waals surface area contributed by atoms with Crippen molar-refractivity contribution in [3.05, 3.63) is 40.8 Å². The van der Waals surface area contributed by atoms with Crippen LogP contribution in [0.4, 0.5) is 0 Å². The van der Waals surface area contributed by atoms with Crippen molar-refractivity contribution < 1.29 is 4.42 Å². The molecule has 0 spiro atoms. The lowest BCUT2D eigenvalue weighted by molar-refractivity contribution is 0.568. The van der Waals surface area contributed by atoms with Gasteiger partial charge in [0.1, 0.15) is 0 Å². The van der Waals surface area contributed by atoms with Gasteiger partial charge in [-0.1, -0.05) is 0 Å². The quantitative estimate of drug-likeness (QED) is 0.713. The van der Waals surface area contributed by atoms with E-state index >= 15 is 0 Å². The first kappa shape index (κ1) is 7.79. The van der Waals surface area contributed by atoms with Crippen LogP contribution in [0.5, 0.6) is 0 Å². The molecule has 2 heterocycles. The van der Waals surface area contributed by atoms with Crippen LogP contribution in [0.25, 0.3) is 11.3 Å². The molecule has 0 aliphatic heterocycles. The van der Waals surface area contributed by atoms with Crippen molar-refractivity contribution in [1.29, 1.82) is 0 Å². The van der Waals surface area contributed by atoms with E-state index in [0.717, 1.165) is 5.56 Å². The van der Waals surface area contributed by atoms with E-state index in [-0.39, 0.29) is 5.56 Å². The van der Waals surface area contributed by atoms with Crippen LogP contribution in [0.1, 0.15) is 5.56 Å². The first-order chi connectivity index (χ1) is 6.29. The number of aromatic amines is 1. The summed E-state index contributed by atoms with van der Waals surface area (Å²) in [4.78, 5) is 17.8. The maximum absolute atomic E-state index is 11.2. The summed E-state index contributed by atoms with van der Waals surface area (Å²) < 4.78 is 4.91. The fourth-order valence-corrected chi connectivity index (χ4v) is 1.16. The Morgan fingerprint density at radius 3 is 3.08 bits per heavy atom. The van der Waals surface area contributed by atoms with Crippen LogP contribution in [0.15, 0.2) is 34.1 Å². The zero-order chi connectivity index (χ0) is 9.26. The predicted octanol–water partition coefficient (Wildman–Crippen LogP) is 1.34. The number of nitrogens with zero attached hydrogens (tertiary/aromatic N) is 1. The monoisotopic (exact) mass is 176 g/mol. The number of nitrogens with one attached hydrogen (secondary N) is 1. The molecule has 0 saturated heterocycles. The van der Waals surface area contributed by atoms with E-state index in [4.69, 9.17) is 4.42 Å². The van der Waals surface area contributed by atoms with Gasteiger partial charge in [0.05, 0.1) is 24.5 Å². The molecular formula is C9H8N2O2. The number of aromatic nitrogens is 2. The Morgan fingerprint density at radius 2 is 2.38 bits per heavy atom. The normalized spacial score (nSPS) is 10.2. The predicted molar refractivity (Wildman–Crippen MR) is 47.3 cm³/mol. The van der Waals surface area contributed by atoms with E-state index < -0.39 is 0 Å². The van der Waals surface area contributed by atoms with E-state index in [9.17, 15) is 4.79 Å². The first-order valence-corrected chi connectivity index (χ1v) is 3.86. The van der Waals surface area contributed by atoms with Gasteiger partial charge in [-0.05, 0) is 13.0 Å². The third kappa shape index (κ3) is 1.26. The van der Waals surface area contributed by atoms with Gasteiger partial charge in [0.2, 0.25) is 0 Å². The summed E-state index contributed by atoms with van der Waals surface area (Å²) in [5.41, 5.74) is 1.97. The Bertz CT molecular complexity index is 457. The molecule has 0 radical (unpaired) electrons. The number of rotatable bonds is 1. The van der Waals surface area contributed by atoms with Gasteiger partial charge in [-0.25, -0.2) is 4.98 Å². The van der Waals surface area contributed by atoms with Crippen molar-refractivity contribution in [2.24, 2.45) is 0 Å². The van der Waals surface area contributed by atoms with Gasteiger partial charge in [-0.2, -0.15) is 0 Å². The molecule has 2 aromatic heterocycles. The van der Waals surface area contributed by atoms with E-state index in [1.165, 1.54) is 6.33 Å². The molecule has 4 nitrogen and oxygen atoms in total. The van der Waals surface area contributed by atoms with Crippen LogP contribution in [0.2, 0.25) is 0 Å². The second kappa shape index (κ2) is 2.90. The molecule has 0 fully saturated rings. The molecule has 1 N–H and O–H groups in total. The molecule has 66 valence electrons. The summed E-state index contributed by atoms with van der Waals surface area (Å²) in [6, 6.07) is 1.77. The summed E-state index contributed by atoms with van der Waals surface area (Å²) in [6.07, 6.45) is 4.50. The minimum Gasteiger partial charge on any atom is -0.472 e. The van der Waals surface area contributed by atoms with Crippen molar-refractivity contribution in [3.63, 3.8) is 0 Å². The van der Waals surface area contributed by atoms with Crippen LogP contribution >= 0.6 is 0 Å². The highest BCUT2D eigenvalue weighted by Gasteiger charge is 2.06. The number of hydrogen-bond acceptors (Lipinski definition) is 3. The Balaban J connectivity index is 2.66. The third-order valence-electron chi connectivity index (χ3n) is 1.88. The molecule has 0 aromatic carbocycles. The fraction of sp³-hybridized carbons (Fsp3) is 0.111. The molecule has 0 amide bonds. The zero-order valence-electron chi connectivity index (χ0n) is 7.07. The van der Waals surface area contributed by atoms with Crippen LogP contribution in [-0.4, -0.2) is 9.97 Å². The lowest BCUT2D eigenvalue weighted by Gasteiger charge is -1.98. The molecule has 0 bridgehead atoms. The molecular weight excluding hydrogens is 168 g/mol. The Labute approximate surface area is 74.2 Å². The zero-order valence-corrected chi connectivity index (χ0v) is 7.07. The van der Waals surface area contributed by atoms with Crippen molar-refractivity contribution in [2.75, 3.05) is 0 Å². The average molecular weight is 176 g/mol. The van der Waals surface area contributed by atoms with Gasteiger partial charge in [0.15, 0.2) is 0 Å². The van der Waals surface area contributed by atoms with Crippen molar-refractivity contribution in [1.82, 2.24) is 9.97 Å². The summed E-state index contributed by atoms with van der Waals surface area (Å²) in [5.74, 6) is 0. The standard InChI is InChI=1S/C9H8N2O2/c1-6-8(7-2-3-13-4-7)10-5-11-9(6)12/h2-5H,1H3,(H,10,11,12). The van der Waals surface area contributed by atoms with Gasteiger partial charge < -0.3 is 9.40 Å². The minimum atomic E-state index is -0.119. The molecule has 0 atom stereocenters. The highest BCUT2D eigenvalue weighted by Crippen LogP contribution is 2.17. The number of furan rings is 1. The number of hydrogen-bond donors (Lipinski definition) is 1. The lowest BCUT2D eigenvalue weighted by atomic mass is 10.1. The van der Waals surface area contributed by atoms with E-state index in [2.05, 4.69) is 9.97 Å². The van der Waals surface area contributed by atoms with E-state index in [0.29, 0.717) is 11.3 Å². The van der Waals surface area contributed by atoms with Crippen molar-refractivity contribution in [2.45, 2.75) is 6.92 Å². The van der Waals surface area contributed by atoms with Gasteiger partial charge in [-0.3, -0.25) is 4.79 Å². The van der Waals surface area contributed by atoms with E-state index in [1.807, 2.05) is 0 Å². The van der Waals surface area contributed by atoms with Gasteiger partial charge >= 0.3 is 0 Å². The lowest BCUT2D eigenvalue weighted by Crippen LogP contribution is -2.10. The molecule has 2 rings (SSSR count). The van der Waals surface area contributed by atoms with Gasteiger partial charge in [0.25, 0.3) is 5.56 Å². The molecule has 0 aliphatic rings. The Morgan fingerprint density at radius 1 is 1.54 bits per heavy atom. The minimum absolute atomic E-state index is 0.119. The molecule has 0 saturated carbocycles. The number of H-pyrrole nitrogens is 1. The Hall–Kier alpha value is -1.84. The summed E-state index contributed by atoms with van der Waals surface area (Å²) >= 11 is 0. The second-order valence-corrected chi connectivity index (χ2v) is 2.72. The maximum atomic E-state index is 11.2. The summed E-state index contributed by atoms with van der Waals surface area (Å²) in [6.45, 7) is 1.73. The highest BCUT2D eigenvalue weighted by molar-refractivity contribution is 5.60. The largest absolute Gasteiger partial charge is 0.472 e. The van der Waals surface area contributed by atoms with Crippen LogP contribution < -0.4 is 5.56 Å². The van der Waals surface area contributed by atoms with Gasteiger partial charge in [-0.15, -0.1) is 0 Å². The topological polar surface area (TPSA) is 58.9 Å². The first-order valence-electron chi connectivity index (χ1n) is 3.86. The molecule has 4 heteroatoms. The molecule has 13 heavy (non-hydrogen) atoms. The van der Waals surface area contributed by atoms with Gasteiger partial charge in [0, 0.05) is 11.1 Å². The SMILES string of the molecule is Cc1c(-c2ccoc2)nc[nH]c1=O. The molecule has 0 unspecified atom stereocenters. The third-order valence-corrected chi connectivity index (χ3v) is 1.88. The molecule has 0 aliphatic carbocycles. The van der Waals surface area contributed by atoms with Crippen LogP contribution in [0, 0.1) is 6.92 Å². The summed E-state index contributed by atoms with van der Waals surface area (Å²) in [7, 11) is 0.